The van der Waals surface area contributed by atoms with Gasteiger partial charge in [-0.3, -0.25) is 4.79 Å². The molecule has 0 fully saturated rings. The van der Waals surface area contributed by atoms with E-state index in [-0.39, 0.29) is 5.91 Å². The largest absolute Gasteiger partial charge is 0.399 e. The lowest BCUT2D eigenvalue weighted by Gasteiger charge is -2.08. The Kier molecular flexibility index (Phi) is 3.88. The van der Waals surface area contributed by atoms with Gasteiger partial charge in [-0.2, -0.15) is 0 Å². The molecule has 0 unspecified atom stereocenters. The molecule has 0 spiro atoms. The van der Waals surface area contributed by atoms with Gasteiger partial charge in [-0.25, -0.2) is 0 Å². The highest BCUT2D eigenvalue weighted by atomic mass is 16.1. The van der Waals surface area contributed by atoms with Crippen LogP contribution in [0.1, 0.15) is 10.4 Å². The molecule has 3 heteroatoms. The fraction of sp³-hybridized carbons (Fsp3) is 0. The average molecular weight is 288 g/mol. The van der Waals surface area contributed by atoms with E-state index in [1.54, 1.807) is 12.1 Å². The van der Waals surface area contributed by atoms with E-state index in [1.165, 1.54) is 0 Å². The first-order valence-electron chi connectivity index (χ1n) is 7.05. The number of rotatable bonds is 3. The summed E-state index contributed by atoms with van der Waals surface area (Å²) < 4.78 is 0. The summed E-state index contributed by atoms with van der Waals surface area (Å²) in [5, 5.41) is 2.92. The van der Waals surface area contributed by atoms with Gasteiger partial charge in [0.15, 0.2) is 0 Å². The molecule has 0 atom stereocenters. The Hall–Kier alpha value is -3.07. The van der Waals surface area contributed by atoms with E-state index in [2.05, 4.69) is 5.32 Å². The van der Waals surface area contributed by atoms with Crippen molar-refractivity contribution in [2.45, 2.75) is 0 Å². The number of carbonyl (C=O) groups excluding carboxylic acids is 1. The number of nitrogens with one attached hydrogen (secondary N) is 1. The first-order chi connectivity index (χ1) is 10.7. The van der Waals surface area contributed by atoms with E-state index in [0.29, 0.717) is 5.56 Å². The molecule has 0 heterocycles. The molecular formula is C19H16N2O. The fourth-order valence-electron chi connectivity index (χ4n) is 2.24. The van der Waals surface area contributed by atoms with E-state index in [0.717, 1.165) is 22.5 Å². The van der Waals surface area contributed by atoms with Crippen LogP contribution in [0.3, 0.4) is 0 Å². The van der Waals surface area contributed by atoms with Crippen LogP contribution in [0.15, 0.2) is 78.9 Å². The van der Waals surface area contributed by atoms with Gasteiger partial charge in [0.2, 0.25) is 0 Å². The molecule has 0 saturated carbocycles. The second kappa shape index (κ2) is 6.14. The van der Waals surface area contributed by atoms with Crippen LogP contribution in [0, 0.1) is 0 Å². The van der Waals surface area contributed by atoms with E-state index in [9.17, 15) is 4.79 Å². The molecule has 22 heavy (non-hydrogen) atoms. The zero-order valence-corrected chi connectivity index (χ0v) is 12.0. The summed E-state index contributed by atoms with van der Waals surface area (Å²) in [6, 6.07) is 24.6. The first kappa shape index (κ1) is 13.9. The van der Waals surface area contributed by atoms with Crippen LogP contribution in [0.4, 0.5) is 11.4 Å². The SMILES string of the molecule is Nc1ccc(-c2cccc(NC(=O)c3ccccc3)c2)cc1. The number of amides is 1. The van der Waals surface area contributed by atoms with Crippen LogP contribution >= 0.6 is 0 Å². The Morgan fingerprint density at radius 2 is 1.50 bits per heavy atom. The summed E-state index contributed by atoms with van der Waals surface area (Å²) in [7, 11) is 0. The third-order valence-corrected chi connectivity index (χ3v) is 3.40. The van der Waals surface area contributed by atoms with Crippen LogP contribution < -0.4 is 11.1 Å². The van der Waals surface area contributed by atoms with E-state index in [4.69, 9.17) is 5.73 Å². The van der Waals surface area contributed by atoms with Crippen molar-refractivity contribution in [1.82, 2.24) is 0 Å². The highest BCUT2D eigenvalue weighted by molar-refractivity contribution is 6.04. The van der Waals surface area contributed by atoms with Crippen LogP contribution in [0.5, 0.6) is 0 Å². The Morgan fingerprint density at radius 1 is 0.773 bits per heavy atom. The van der Waals surface area contributed by atoms with Gasteiger partial charge in [0.1, 0.15) is 0 Å². The summed E-state index contributed by atoms with van der Waals surface area (Å²) >= 11 is 0. The van der Waals surface area contributed by atoms with Crippen molar-refractivity contribution in [2.24, 2.45) is 0 Å². The Bertz CT molecular complexity index is 780. The lowest BCUT2D eigenvalue weighted by atomic mass is 10.0. The van der Waals surface area contributed by atoms with Crippen molar-refractivity contribution in [3.63, 3.8) is 0 Å². The van der Waals surface area contributed by atoms with Crippen molar-refractivity contribution in [3.05, 3.63) is 84.4 Å². The van der Waals surface area contributed by atoms with Crippen LogP contribution in [-0.4, -0.2) is 5.91 Å². The van der Waals surface area contributed by atoms with Gasteiger partial charge in [-0.15, -0.1) is 0 Å². The predicted molar refractivity (Wildman–Crippen MR) is 90.7 cm³/mol. The van der Waals surface area contributed by atoms with E-state index >= 15 is 0 Å². The number of hydrogen-bond donors (Lipinski definition) is 2. The predicted octanol–water partition coefficient (Wildman–Crippen LogP) is 4.19. The van der Waals surface area contributed by atoms with Gasteiger partial charge in [0.05, 0.1) is 0 Å². The van der Waals surface area contributed by atoms with Gasteiger partial charge in [0.25, 0.3) is 5.91 Å². The first-order valence-corrected chi connectivity index (χ1v) is 7.05. The zero-order valence-electron chi connectivity index (χ0n) is 12.0. The maximum Gasteiger partial charge on any atom is 0.255 e. The van der Waals surface area contributed by atoms with Crippen LogP contribution in [0.25, 0.3) is 11.1 Å². The Labute approximate surface area is 129 Å². The standard InChI is InChI=1S/C19H16N2O/c20-17-11-9-14(10-12-17)16-7-4-8-18(13-16)21-19(22)15-5-2-1-3-6-15/h1-13H,20H2,(H,21,22). The Morgan fingerprint density at radius 3 is 2.23 bits per heavy atom. The monoisotopic (exact) mass is 288 g/mol. The lowest BCUT2D eigenvalue weighted by molar-refractivity contribution is 0.102. The number of benzene rings is 3. The summed E-state index contributed by atoms with van der Waals surface area (Å²) in [5.41, 5.74) is 9.94. The molecule has 0 aliphatic rings. The van der Waals surface area contributed by atoms with Crippen molar-refractivity contribution >= 4 is 17.3 Å². The van der Waals surface area contributed by atoms with Gasteiger partial charge in [-0.05, 0) is 47.5 Å². The van der Waals surface area contributed by atoms with Gasteiger partial charge < -0.3 is 11.1 Å². The second-order valence-corrected chi connectivity index (χ2v) is 5.02. The molecule has 0 radical (unpaired) electrons. The minimum Gasteiger partial charge on any atom is -0.399 e. The van der Waals surface area contributed by atoms with Gasteiger partial charge in [-0.1, -0.05) is 42.5 Å². The number of anilines is 2. The summed E-state index contributed by atoms with van der Waals surface area (Å²) in [4.78, 5) is 12.2. The number of nitrogens with two attached hydrogens (primary N) is 1. The molecule has 0 aliphatic heterocycles. The van der Waals surface area contributed by atoms with E-state index < -0.39 is 0 Å². The topological polar surface area (TPSA) is 55.1 Å². The second-order valence-electron chi connectivity index (χ2n) is 5.02. The third kappa shape index (κ3) is 3.15. The molecule has 0 aliphatic carbocycles. The van der Waals surface area contributed by atoms with Crippen molar-refractivity contribution in [2.75, 3.05) is 11.1 Å². The maximum absolute atomic E-state index is 12.2. The highest BCUT2D eigenvalue weighted by Gasteiger charge is 2.06. The molecule has 0 saturated heterocycles. The molecule has 108 valence electrons. The van der Waals surface area contributed by atoms with Crippen LogP contribution in [-0.2, 0) is 0 Å². The fourth-order valence-corrected chi connectivity index (χ4v) is 2.24. The number of nitrogen functional groups attached to an aromatic ring is 1. The molecular weight excluding hydrogens is 272 g/mol. The third-order valence-electron chi connectivity index (χ3n) is 3.40. The van der Waals surface area contributed by atoms with Crippen molar-refractivity contribution in [3.8, 4) is 11.1 Å². The number of carbonyl (C=O) groups is 1. The lowest BCUT2D eigenvalue weighted by Crippen LogP contribution is -2.11. The highest BCUT2D eigenvalue weighted by Crippen LogP contribution is 2.23. The smallest absolute Gasteiger partial charge is 0.255 e. The number of hydrogen-bond acceptors (Lipinski definition) is 2. The summed E-state index contributed by atoms with van der Waals surface area (Å²) in [6.45, 7) is 0. The summed E-state index contributed by atoms with van der Waals surface area (Å²) in [6.07, 6.45) is 0. The van der Waals surface area contributed by atoms with Crippen molar-refractivity contribution in [1.29, 1.82) is 0 Å². The molecule has 3 rings (SSSR count). The molecule has 3 nitrogen and oxygen atoms in total. The van der Waals surface area contributed by atoms with Crippen molar-refractivity contribution < 1.29 is 4.79 Å². The maximum atomic E-state index is 12.2. The molecule has 3 aromatic carbocycles. The minimum atomic E-state index is -0.116. The summed E-state index contributed by atoms with van der Waals surface area (Å²) in [5.74, 6) is -0.116. The van der Waals surface area contributed by atoms with Crippen LogP contribution in [0.2, 0.25) is 0 Å². The molecule has 1 amide bonds. The van der Waals surface area contributed by atoms with Gasteiger partial charge in [0, 0.05) is 16.9 Å². The quantitative estimate of drug-likeness (QED) is 0.710. The molecule has 0 aromatic heterocycles. The normalized spacial score (nSPS) is 10.2. The molecule has 3 N–H and O–H groups in total. The average Bonchev–Trinajstić information content (AvgIpc) is 2.56. The van der Waals surface area contributed by atoms with E-state index in [1.807, 2.05) is 66.7 Å². The minimum absolute atomic E-state index is 0.116. The molecule has 3 aromatic rings. The molecule has 0 bridgehead atoms. The zero-order chi connectivity index (χ0) is 15.4. The Balaban J connectivity index is 1.82. The van der Waals surface area contributed by atoms with Gasteiger partial charge >= 0.3 is 0 Å².